The summed E-state index contributed by atoms with van der Waals surface area (Å²) in [6, 6.07) is 77.0. The Hall–Kier alpha value is -9.20. The minimum atomic E-state index is -0.233. The number of hydrogen-bond donors (Lipinski definition) is 0. The van der Waals surface area contributed by atoms with Gasteiger partial charge in [-0.2, -0.15) is 10.5 Å². The van der Waals surface area contributed by atoms with Crippen molar-refractivity contribution in [2.75, 3.05) is 0 Å². The van der Waals surface area contributed by atoms with Crippen LogP contribution in [0.3, 0.4) is 0 Å². The van der Waals surface area contributed by atoms with E-state index in [0.717, 1.165) is 87.5 Å². The van der Waals surface area contributed by atoms with Crippen LogP contribution in [-0.4, -0.2) is 13.7 Å². The summed E-state index contributed by atoms with van der Waals surface area (Å²) < 4.78 is 9.23. The fraction of sp³-hybridized carbons (Fsp3) is 0.0462. The van der Waals surface area contributed by atoms with Crippen molar-refractivity contribution in [2.24, 2.45) is 0 Å². The molecule has 330 valence electrons. The summed E-state index contributed by atoms with van der Waals surface area (Å²) in [6.45, 7) is 4.63. The van der Waals surface area contributed by atoms with Crippen LogP contribution in [0.5, 0.6) is 0 Å². The molecule has 14 aromatic rings. The van der Waals surface area contributed by atoms with Crippen LogP contribution in [0.4, 0.5) is 0 Å². The zero-order chi connectivity index (χ0) is 47.3. The van der Waals surface area contributed by atoms with Crippen molar-refractivity contribution in [3.05, 3.63) is 222 Å². The molecular formula is C65H39N5S. The van der Waals surface area contributed by atoms with Gasteiger partial charge in [0.15, 0.2) is 0 Å². The van der Waals surface area contributed by atoms with Crippen molar-refractivity contribution in [2.45, 2.75) is 19.3 Å². The van der Waals surface area contributed by atoms with Crippen LogP contribution < -0.4 is 0 Å². The van der Waals surface area contributed by atoms with Crippen molar-refractivity contribution in [3.63, 3.8) is 0 Å². The fourth-order valence-electron chi connectivity index (χ4n) is 12.5. The first-order valence-electron chi connectivity index (χ1n) is 24.1. The van der Waals surface area contributed by atoms with Gasteiger partial charge in [0.05, 0.1) is 50.2 Å². The Bertz CT molecular complexity index is 4510. The van der Waals surface area contributed by atoms with Gasteiger partial charge in [0.1, 0.15) is 23.3 Å². The predicted molar refractivity (Wildman–Crippen MR) is 295 cm³/mol. The lowest BCUT2D eigenvalue weighted by molar-refractivity contribution is 0.661. The standard InChI is InChI=1S/C65H39N5S/c1-65(2)51-24-10-3-17-39(51)46-35-58-47(34-52(46)65)44-22-8-15-29-57(44)70(58)62-49(36-66)63(68-53-25-11-4-18-40(53)41-19-5-12-26-54(41)68)61(38-31-32-60-48(33-38)45-23-9-16-30-59(45)71-60)64(50(62)37-67)69-55-27-13-6-20-42(55)43-21-7-14-28-56(43)69/h3-35H,1-2H3. The van der Waals surface area contributed by atoms with Gasteiger partial charge in [-0.25, -0.2) is 0 Å². The van der Waals surface area contributed by atoms with Gasteiger partial charge in [0.25, 0.3) is 0 Å². The highest BCUT2D eigenvalue weighted by Crippen LogP contribution is 2.53. The molecule has 0 radical (unpaired) electrons. The SMILES string of the molecule is CC1(C)c2ccccc2-c2cc3c(cc21)c1ccccc1n3-c1c(C#N)c(-n2c3ccccc3c3ccccc32)c(-c2ccc3sc4ccccc4c3c2)c(-n2c3ccccc3c3ccccc32)c1C#N. The largest absolute Gasteiger partial charge is 0.307 e. The van der Waals surface area contributed by atoms with E-state index in [-0.39, 0.29) is 5.41 Å². The number of benzene rings is 10. The average Bonchev–Trinajstić information content (AvgIpc) is 4.20. The highest BCUT2D eigenvalue weighted by Gasteiger charge is 2.38. The third kappa shape index (κ3) is 5.21. The van der Waals surface area contributed by atoms with Crippen LogP contribution in [-0.2, 0) is 5.41 Å². The first-order chi connectivity index (χ1) is 34.9. The smallest absolute Gasteiger partial charge is 0.104 e. The molecule has 4 heterocycles. The van der Waals surface area contributed by atoms with Crippen LogP contribution in [0, 0.1) is 22.7 Å². The Labute approximate surface area is 412 Å². The Kier molecular flexibility index (Phi) is 8.07. The Morgan fingerprint density at radius 1 is 0.366 bits per heavy atom. The predicted octanol–water partition coefficient (Wildman–Crippen LogP) is 17.1. The topological polar surface area (TPSA) is 62.4 Å². The second kappa shape index (κ2) is 14.4. The van der Waals surface area contributed by atoms with E-state index in [4.69, 9.17) is 0 Å². The molecule has 0 saturated heterocycles. The fourth-order valence-corrected chi connectivity index (χ4v) is 13.6. The van der Waals surface area contributed by atoms with Crippen LogP contribution in [0.25, 0.3) is 125 Å². The quantitative estimate of drug-likeness (QED) is 0.177. The summed E-state index contributed by atoms with van der Waals surface area (Å²) in [7, 11) is 0. The minimum absolute atomic E-state index is 0.233. The lowest BCUT2D eigenvalue weighted by atomic mass is 9.82. The molecule has 15 rings (SSSR count). The number of rotatable bonds is 4. The van der Waals surface area contributed by atoms with Crippen molar-refractivity contribution < 1.29 is 0 Å². The van der Waals surface area contributed by atoms with Crippen LogP contribution in [0.1, 0.15) is 36.1 Å². The lowest BCUT2D eigenvalue weighted by Gasteiger charge is -2.26. The van der Waals surface area contributed by atoms with Crippen LogP contribution in [0.15, 0.2) is 200 Å². The maximum Gasteiger partial charge on any atom is 0.104 e. The van der Waals surface area contributed by atoms with Gasteiger partial charge in [-0.05, 0) is 88.5 Å². The molecule has 0 fully saturated rings. The van der Waals surface area contributed by atoms with Gasteiger partial charge in [-0.3, -0.25) is 0 Å². The molecule has 0 spiro atoms. The minimum Gasteiger partial charge on any atom is -0.307 e. The molecule has 0 atom stereocenters. The first kappa shape index (κ1) is 39.8. The molecule has 5 nitrogen and oxygen atoms in total. The van der Waals surface area contributed by atoms with Crippen LogP contribution >= 0.6 is 11.3 Å². The number of hydrogen-bond acceptors (Lipinski definition) is 3. The van der Waals surface area contributed by atoms with Gasteiger partial charge in [0, 0.05) is 63.5 Å². The molecule has 0 aliphatic heterocycles. The maximum absolute atomic E-state index is 12.4. The highest BCUT2D eigenvalue weighted by molar-refractivity contribution is 7.25. The van der Waals surface area contributed by atoms with Gasteiger partial charge in [0.2, 0.25) is 0 Å². The molecule has 1 aliphatic carbocycles. The Morgan fingerprint density at radius 3 is 1.34 bits per heavy atom. The summed E-state index contributed by atoms with van der Waals surface area (Å²) in [5, 5.41) is 33.5. The molecular weight excluding hydrogens is 883 g/mol. The Balaban J connectivity index is 1.22. The van der Waals surface area contributed by atoms with E-state index in [1.807, 2.05) is 0 Å². The summed E-state index contributed by atoms with van der Waals surface area (Å²) in [4.78, 5) is 0. The zero-order valence-corrected chi connectivity index (χ0v) is 39.5. The summed E-state index contributed by atoms with van der Waals surface area (Å²) >= 11 is 1.78. The average molecular weight is 922 g/mol. The van der Waals surface area contributed by atoms with E-state index in [2.05, 4.69) is 240 Å². The van der Waals surface area contributed by atoms with Crippen molar-refractivity contribution in [3.8, 4) is 51.5 Å². The first-order valence-corrected chi connectivity index (χ1v) is 24.9. The molecule has 0 saturated carbocycles. The van der Waals surface area contributed by atoms with Gasteiger partial charge in [-0.1, -0.05) is 153 Å². The van der Waals surface area contributed by atoms with E-state index in [0.29, 0.717) is 28.2 Å². The van der Waals surface area contributed by atoms with Gasteiger partial charge >= 0.3 is 0 Å². The third-order valence-electron chi connectivity index (χ3n) is 15.5. The summed E-state index contributed by atoms with van der Waals surface area (Å²) in [5.41, 5.74) is 14.9. The van der Waals surface area contributed by atoms with Gasteiger partial charge < -0.3 is 13.7 Å². The van der Waals surface area contributed by atoms with E-state index in [9.17, 15) is 10.5 Å². The molecule has 10 aromatic carbocycles. The van der Waals surface area contributed by atoms with Crippen molar-refractivity contribution in [1.82, 2.24) is 13.7 Å². The zero-order valence-electron chi connectivity index (χ0n) is 38.7. The molecule has 6 heteroatoms. The lowest BCUT2D eigenvalue weighted by Crippen LogP contribution is -2.15. The number of fused-ring (bicyclic) bond motifs is 15. The summed E-state index contributed by atoms with van der Waals surface area (Å²) in [6.07, 6.45) is 0. The van der Waals surface area contributed by atoms with E-state index in [1.165, 1.54) is 31.5 Å². The summed E-state index contributed by atoms with van der Waals surface area (Å²) in [5.74, 6) is 0. The second-order valence-corrected chi connectivity index (χ2v) is 20.5. The third-order valence-corrected chi connectivity index (χ3v) is 16.7. The number of thiophene rings is 1. The second-order valence-electron chi connectivity index (χ2n) is 19.4. The molecule has 4 aromatic heterocycles. The van der Waals surface area contributed by atoms with Crippen molar-refractivity contribution in [1.29, 1.82) is 10.5 Å². The number of para-hydroxylation sites is 5. The van der Waals surface area contributed by atoms with Crippen molar-refractivity contribution >= 4 is 96.9 Å². The number of nitriles is 2. The van der Waals surface area contributed by atoms with E-state index < -0.39 is 0 Å². The van der Waals surface area contributed by atoms with Gasteiger partial charge in [-0.15, -0.1) is 11.3 Å². The number of nitrogens with zero attached hydrogens (tertiary/aromatic N) is 5. The molecule has 0 amide bonds. The van der Waals surface area contributed by atoms with E-state index >= 15 is 0 Å². The molecule has 0 unspecified atom stereocenters. The van der Waals surface area contributed by atoms with Crippen LogP contribution in [0.2, 0.25) is 0 Å². The molecule has 0 N–H and O–H groups in total. The van der Waals surface area contributed by atoms with E-state index in [1.54, 1.807) is 11.3 Å². The monoisotopic (exact) mass is 921 g/mol. The maximum atomic E-state index is 12.4. The molecule has 0 bridgehead atoms. The normalized spacial score (nSPS) is 13.0. The highest BCUT2D eigenvalue weighted by atomic mass is 32.1. The molecule has 1 aliphatic rings. The Morgan fingerprint density at radius 2 is 0.803 bits per heavy atom. The molecule has 71 heavy (non-hydrogen) atoms. The number of aromatic nitrogens is 3.